The maximum atomic E-state index is 13.2. The van der Waals surface area contributed by atoms with E-state index in [-0.39, 0.29) is 5.91 Å². The van der Waals surface area contributed by atoms with Gasteiger partial charge in [0.25, 0.3) is 5.91 Å². The van der Waals surface area contributed by atoms with Gasteiger partial charge in [-0.1, -0.05) is 35.9 Å². The number of aromatic nitrogens is 2. The fourth-order valence-electron chi connectivity index (χ4n) is 4.36. The molecule has 1 aromatic heterocycles. The lowest BCUT2D eigenvalue weighted by molar-refractivity contribution is 0.0361. The number of fused-ring (bicyclic) bond motifs is 1. The van der Waals surface area contributed by atoms with Crippen molar-refractivity contribution in [3.05, 3.63) is 58.3 Å². The van der Waals surface area contributed by atoms with Gasteiger partial charge in [0.05, 0.1) is 25.3 Å². The van der Waals surface area contributed by atoms with Crippen LogP contribution in [0.25, 0.3) is 10.9 Å². The molecule has 30 heavy (non-hydrogen) atoms. The summed E-state index contributed by atoms with van der Waals surface area (Å²) in [5.74, 6) is -0.161. The van der Waals surface area contributed by atoms with E-state index in [2.05, 4.69) is 42.3 Å². The highest BCUT2D eigenvalue weighted by atomic mass is 16.5. The van der Waals surface area contributed by atoms with Crippen LogP contribution in [0.5, 0.6) is 0 Å². The Labute approximate surface area is 177 Å². The second-order valence-electron chi connectivity index (χ2n) is 8.22. The molecule has 4 rings (SSSR count). The number of anilines is 1. The molecule has 6 heteroatoms. The fraction of sp³-hybridized carbons (Fsp3) is 0.417. The van der Waals surface area contributed by atoms with Crippen molar-refractivity contribution < 1.29 is 9.53 Å². The smallest absolute Gasteiger partial charge is 0.276 e. The Bertz CT molecular complexity index is 1060. The number of hydrogen-bond acceptors (Lipinski definition) is 4. The molecule has 2 aromatic carbocycles. The van der Waals surface area contributed by atoms with Crippen LogP contribution in [0.2, 0.25) is 0 Å². The second kappa shape index (κ2) is 8.58. The largest absolute Gasteiger partial charge is 0.379 e. The van der Waals surface area contributed by atoms with Crippen LogP contribution in [-0.4, -0.2) is 53.4 Å². The number of amides is 1. The Hall–Kier alpha value is -2.70. The van der Waals surface area contributed by atoms with Crippen molar-refractivity contribution in [1.82, 2.24) is 14.7 Å². The normalized spacial score (nSPS) is 14.9. The first-order chi connectivity index (χ1) is 14.4. The van der Waals surface area contributed by atoms with E-state index in [1.54, 1.807) is 0 Å². The first-order valence-electron chi connectivity index (χ1n) is 10.6. The maximum Gasteiger partial charge on any atom is 0.276 e. The number of morpholine rings is 1. The standard InChI is InChI=1S/C24H30N4O2/c1-16-14-18(3)21(19(4)15-16)25-24(29)22-20-7-5-6-17(2)23(20)28(26-22)9-8-27-10-12-30-13-11-27/h5-7,14-15H,8-13H2,1-4H3,(H,25,29). The van der Waals surface area contributed by atoms with Crippen LogP contribution in [0.1, 0.15) is 32.7 Å². The summed E-state index contributed by atoms with van der Waals surface area (Å²) < 4.78 is 7.43. The van der Waals surface area contributed by atoms with Gasteiger partial charge in [0.2, 0.25) is 0 Å². The topological polar surface area (TPSA) is 59.4 Å². The molecule has 1 saturated heterocycles. The first-order valence-corrected chi connectivity index (χ1v) is 10.6. The number of hydrogen-bond donors (Lipinski definition) is 1. The minimum absolute atomic E-state index is 0.161. The first kappa shape index (κ1) is 20.6. The van der Waals surface area contributed by atoms with Crippen LogP contribution >= 0.6 is 0 Å². The van der Waals surface area contributed by atoms with Crippen molar-refractivity contribution >= 4 is 22.5 Å². The minimum atomic E-state index is -0.161. The van der Waals surface area contributed by atoms with Crippen LogP contribution in [0.15, 0.2) is 30.3 Å². The number of rotatable bonds is 5. The summed E-state index contributed by atoms with van der Waals surface area (Å²) in [6.07, 6.45) is 0. The molecular formula is C24H30N4O2. The van der Waals surface area contributed by atoms with Gasteiger partial charge >= 0.3 is 0 Å². The van der Waals surface area contributed by atoms with Crippen LogP contribution in [0.4, 0.5) is 5.69 Å². The van der Waals surface area contributed by atoms with Gasteiger partial charge in [0.1, 0.15) is 0 Å². The van der Waals surface area contributed by atoms with Gasteiger partial charge in [-0.05, 0) is 44.4 Å². The average molecular weight is 407 g/mol. The number of benzene rings is 2. The molecule has 0 aliphatic carbocycles. The summed E-state index contributed by atoms with van der Waals surface area (Å²) in [5, 5.41) is 8.76. The molecule has 0 bridgehead atoms. The third kappa shape index (κ3) is 4.11. The van der Waals surface area contributed by atoms with E-state index in [4.69, 9.17) is 9.84 Å². The molecule has 0 atom stereocenters. The van der Waals surface area contributed by atoms with Gasteiger partial charge in [-0.2, -0.15) is 5.10 Å². The third-order valence-electron chi connectivity index (χ3n) is 5.83. The lowest BCUT2D eigenvalue weighted by Crippen LogP contribution is -2.38. The van der Waals surface area contributed by atoms with Crippen molar-refractivity contribution in [1.29, 1.82) is 0 Å². The summed E-state index contributed by atoms with van der Waals surface area (Å²) in [6.45, 7) is 13.3. The van der Waals surface area contributed by atoms with Crippen molar-refractivity contribution in [2.75, 3.05) is 38.2 Å². The van der Waals surface area contributed by atoms with E-state index in [1.807, 2.05) is 30.7 Å². The SMILES string of the molecule is Cc1cc(C)c(NC(=O)c2nn(CCN3CCOCC3)c3c(C)cccc23)c(C)c1. The van der Waals surface area contributed by atoms with Crippen LogP contribution in [0.3, 0.4) is 0 Å². The summed E-state index contributed by atoms with van der Waals surface area (Å²) in [4.78, 5) is 15.6. The number of nitrogens with zero attached hydrogens (tertiary/aromatic N) is 3. The lowest BCUT2D eigenvalue weighted by atomic mass is 10.0. The molecule has 0 spiro atoms. The Morgan fingerprint density at radius 3 is 2.43 bits per heavy atom. The van der Waals surface area contributed by atoms with E-state index in [0.717, 1.165) is 72.7 Å². The molecule has 158 valence electrons. The van der Waals surface area contributed by atoms with Crippen molar-refractivity contribution in [3.63, 3.8) is 0 Å². The maximum absolute atomic E-state index is 13.2. The molecular weight excluding hydrogens is 376 g/mol. The molecule has 0 saturated carbocycles. The molecule has 1 aliphatic rings. The number of nitrogens with one attached hydrogen (secondary N) is 1. The van der Waals surface area contributed by atoms with E-state index in [1.165, 1.54) is 5.56 Å². The summed E-state index contributed by atoms with van der Waals surface area (Å²) >= 11 is 0. The monoisotopic (exact) mass is 406 g/mol. The van der Waals surface area contributed by atoms with Gasteiger partial charge in [0, 0.05) is 30.7 Å². The van der Waals surface area contributed by atoms with E-state index in [0.29, 0.717) is 5.69 Å². The molecule has 1 amide bonds. The summed E-state index contributed by atoms with van der Waals surface area (Å²) in [7, 11) is 0. The Kier molecular flexibility index (Phi) is 5.88. The zero-order valence-corrected chi connectivity index (χ0v) is 18.3. The van der Waals surface area contributed by atoms with E-state index in [9.17, 15) is 4.79 Å². The lowest BCUT2D eigenvalue weighted by Gasteiger charge is -2.26. The average Bonchev–Trinajstić information content (AvgIpc) is 3.10. The predicted molar refractivity (Wildman–Crippen MR) is 120 cm³/mol. The Balaban J connectivity index is 1.64. The van der Waals surface area contributed by atoms with E-state index >= 15 is 0 Å². The van der Waals surface area contributed by atoms with Gasteiger partial charge < -0.3 is 10.1 Å². The molecule has 1 aliphatic heterocycles. The molecule has 0 unspecified atom stereocenters. The van der Waals surface area contributed by atoms with Crippen molar-refractivity contribution in [3.8, 4) is 0 Å². The van der Waals surface area contributed by atoms with Crippen LogP contribution < -0.4 is 5.32 Å². The van der Waals surface area contributed by atoms with Crippen molar-refractivity contribution in [2.45, 2.75) is 34.2 Å². The molecule has 3 aromatic rings. The Morgan fingerprint density at radius 2 is 1.73 bits per heavy atom. The van der Waals surface area contributed by atoms with Gasteiger partial charge in [-0.25, -0.2) is 0 Å². The summed E-state index contributed by atoms with van der Waals surface area (Å²) in [6, 6.07) is 10.2. The third-order valence-corrected chi connectivity index (χ3v) is 5.83. The predicted octanol–water partition coefficient (Wildman–Crippen LogP) is 3.85. The molecule has 2 heterocycles. The number of aryl methyl sites for hydroxylation is 4. The Morgan fingerprint density at radius 1 is 1.03 bits per heavy atom. The molecule has 1 fully saturated rings. The number of carbonyl (C=O) groups is 1. The van der Waals surface area contributed by atoms with E-state index < -0.39 is 0 Å². The molecule has 6 nitrogen and oxygen atoms in total. The van der Waals surface area contributed by atoms with Crippen LogP contribution in [0, 0.1) is 27.7 Å². The minimum Gasteiger partial charge on any atom is -0.379 e. The highest BCUT2D eigenvalue weighted by Gasteiger charge is 2.20. The zero-order valence-electron chi connectivity index (χ0n) is 18.3. The highest BCUT2D eigenvalue weighted by Crippen LogP contribution is 2.26. The van der Waals surface area contributed by atoms with Gasteiger partial charge in [0.15, 0.2) is 5.69 Å². The van der Waals surface area contributed by atoms with Crippen LogP contribution in [-0.2, 0) is 11.3 Å². The second-order valence-corrected chi connectivity index (χ2v) is 8.22. The van der Waals surface area contributed by atoms with Crippen molar-refractivity contribution in [2.24, 2.45) is 0 Å². The molecule has 0 radical (unpaired) electrons. The number of carbonyl (C=O) groups excluding carboxylic acids is 1. The quantitative estimate of drug-likeness (QED) is 0.699. The highest BCUT2D eigenvalue weighted by molar-refractivity contribution is 6.12. The molecule has 1 N–H and O–H groups in total. The van der Waals surface area contributed by atoms with Gasteiger partial charge in [-0.15, -0.1) is 0 Å². The number of ether oxygens (including phenoxy) is 1. The van der Waals surface area contributed by atoms with Gasteiger partial charge in [-0.3, -0.25) is 14.4 Å². The fourth-order valence-corrected chi connectivity index (χ4v) is 4.36. The number of para-hydroxylation sites is 1. The zero-order chi connectivity index (χ0) is 21.3. The summed E-state index contributed by atoms with van der Waals surface area (Å²) in [5.41, 5.74) is 6.83.